The van der Waals surface area contributed by atoms with E-state index in [2.05, 4.69) is 0 Å². The molecule has 0 aliphatic rings. The largest absolute Gasteiger partial charge is 0.285 e. The average Bonchev–Trinajstić information content (AvgIpc) is 2.30. The zero-order valence-corrected chi connectivity index (χ0v) is 8.28. The number of non-ortho nitro benzene ring substituents is 1. The second kappa shape index (κ2) is 3.98. The quantitative estimate of drug-likeness (QED) is 0.361. The standard InChI is InChI=1S/C11H9N2O3/c14-12-6-4-9(5-7-12)10-2-1-3-11(8-10)13(15)16/h1-8,14H/q+1. The first kappa shape index (κ1) is 10.1. The van der Waals surface area contributed by atoms with Gasteiger partial charge in [-0.3, -0.25) is 15.3 Å². The summed E-state index contributed by atoms with van der Waals surface area (Å²) in [5.41, 5.74) is 1.61. The molecule has 0 spiro atoms. The molecule has 0 saturated heterocycles. The van der Waals surface area contributed by atoms with Gasteiger partial charge in [-0.15, -0.1) is 0 Å². The Hall–Kier alpha value is -2.43. The van der Waals surface area contributed by atoms with Crippen molar-refractivity contribution < 1.29 is 14.9 Å². The first-order valence-corrected chi connectivity index (χ1v) is 4.62. The van der Waals surface area contributed by atoms with Crippen LogP contribution in [0.2, 0.25) is 0 Å². The lowest BCUT2D eigenvalue weighted by atomic mass is 10.1. The van der Waals surface area contributed by atoms with Gasteiger partial charge in [0.05, 0.1) is 4.92 Å². The Balaban J connectivity index is 2.44. The molecule has 1 N–H and O–H groups in total. The fourth-order valence-corrected chi connectivity index (χ4v) is 1.41. The highest BCUT2D eigenvalue weighted by molar-refractivity contribution is 5.65. The second-order valence-corrected chi connectivity index (χ2v) is 3.27. The molecule has 0 aliphatic heterocycles. The molecule has 2 rings (SSSR count). The van der Waals surface area contributed by atoms with Crippen molar-refractivity contribution in [3.05, 3.63) is 58.9 Å². The molecule has 16 heavy (non-hydrogen) atoms. The summed E-state index contributed by atoms with van der Waals surface area (Å²) in [6.07, 6.45) is 2.93. The maximum atomic E-state index is 10.6. The molecule has 0 saturated carbocycles. The first-order valence-electron chi connectivity index (χ1n) is 4.62. The fraction of sp³-hybridized carbons (Fsp3) is 0. The van der Waals surface area contributed by atoms with Gasteiger partial charge in [0.2, 0.25) is 12.4 Å². The van der Waals surface area contributed by atoms with E-state index < -0.39 is 4.92 Å². The van der Waals surface area contributed by atoms with Gasteiger partial charge in [-0.05, 0) is 11.1 Å². The third kappa shape index (κ3) is 1.98. The van der Waals surface area contributed by atoms with E-state index in [0.717, 1.165) is 15.9 Å². The van der Waals surface area contributed by atoms with E-state index in [1.54, 1.807) is 24.3 Å². The van der Waals surface area contributed by atoms with Crippen molar-refractivity contribution in [2.24, 2.45) is 0 Å². The predicted octanol–water partition coefficient (Wildman–Crippen LogP) is 1.79. The van der Waals surface area contributed by atoms with Crippen LogP contribution in [0.25, 0.3) is 11.1 Å². The molecule has 1 aromatic carbocycles. The van der Waals surface area contributed by atoms with Crippen LogP contribution in [0.4, 0.5) is 5.69 Å². The van der Waals surface area contributed by atoms with E-state index in [4.69, 9.17) is 5.21 Å². The zero-order valence-electron chi connectivity index (χ0n) is 8.28. The minimum atomic E-state index is -0.432. The molecular formula is C11H9N2O3+. The van der Waals surface area contributed by atoms with Crippen LogP contribution in [0.5, 0.6) is 0 Å². The Labute approximate surface area is 91.3 Å². The van der Waals surface area contributed by atoms with E-state index in [-0.39, 0.29) is 5.69 Å². The third-order valence-electron chi connectivity index (χ3n) is 2.20. The maximum Gasteiger partial charge on any atom is 0.270 e. The molecule has 0 aliphatic carbocycles. The molecule has 0 amide bonds. The van der Waals surface area contributed by atoms with E-state index in [1.165, 1.54) is 24.5 Å². The number of pyridine rings is 1. The van der Waals surface area contributed by atoms with E-state index in [0.29, 0.717) is 0 Å². The summed E-state index contributed by atoms with van der Waals surface area (Å²) < 4.78 is 0.918. The molecule has 0 atom stereocenters. The zero-order chi connectivity index (χ0) is 11.5. The maximum absolute atomic E-state index is 10.6. The summed E-state index contributed by atoms with van der Waals surface area (Å²) >= 11 is 0. The molecule has 0 bridgehead atoms. The van der Waals surface area contributed by atoms with Gasteiger partial charge in [-0.1, -0.05) is 12.1 Å². The number of hydrogen-bond acceptors (Lipinski definition) is 3. The highest BCUT2D eigenvalue weighted by Crippen LogP contribution is 2.22. The van der Waals surface area contributed by atoms with Crippen LogP contribution >= 0.6 is 0 Å². The number of nitro benzene ring substituents is 1. The number of aromatic nitrogens is 1. The summed E-state index contributed by atoms with van der Waals surface area (Å²) in [6.45, 7) is 0. The molecule has 80 valence electrons. The Kier molecular flexibility index (Phi) is 2.51. The molecule has 0 radical (unpaired) electrons. The van der Waals surface area contributed by atoms with Crippen LogP contribution in [0.1, 0.15) is 0 Å². The molecule has 1 heterocycles. The smallest absolute Gasteiger partial charge is 0.270 e. The fourth-order valence-electron chi connectivity index (χ4n) is 1.41. The number of benzene rings is 1. The number of nitrogens with zero attached hydrogens (tertiary/aromatic N) is 2. The van der Waals surface area contributed by atoms with Gasteiger partial charge in [0, 0.05) is 29.0 Å². The SMILES string of the molecule is O=[N+]([O-])c1cccc(-c2cc[n+](O)cc2)c1. The molecule has 0 fully saturated rings. The Bertz CT molecular complexity index is 523. The molecule has 0 unspecified atom stereocenters. The average molecular weight is 217 g/mol. The van der Waals surface area contributed by atoms with Crippen LogP contribution < -0.4 is 4.73 Å². The van der Waals surface area contributed by atoms with Gasteiger partial charge in [0.1, 0.15) is 0 Å². The monoisotopic (exact) mass is 217 g/mol. The Morgan fingerprint density at radius 1 is 1.12 bits per heavy atom. The summed E-state index contributed by atoms with van der Waals surface area (Å²) in [5.74, 6) is 0. The van der Waals surface area contributed by atoms with Crippen molar-refractivity contribution in [3.63, 3.8) is 0 Å². The number of nitro groups is 1. The van der Waals surface area contributed by atoms with E-state index >= 15 is 0 Å². The van der Waals surface area contributed by atoms with Crippen molar-refractivity contribution in [2.45, 2.75) is 0 Å². The molecule has 2 aromatic rings. The van der Waals surface area contributed by atoms with Crippen LogP contribution in [-0.2, 0) is 0 Å². The van der Waals surface area contributed by atoms with Gasteiger partial charge in [0.15, 0.2) is 0 Å². The normalized spacial score (nSPS) is 10.0. The van der Waals surface area contributed by atoms with Crippen molar-refractivity contribution >= 4 is 5.69 Å². The van der Waals surface area contributed by atoms with Crippen LogP contribution in [0, 0.1) is 10.1 Å². The van der Waals surface area contributed by atoms with Gasteiger partial charge >= 0.3 is 0 Å². The van der Waals surface area contributed by atoms with Crippen molar-refractivity contribution in [3.8, 4) is 11.1 Å². The number of rotatable bonds is 2. The highest BCUT2D eigenvalue weighted by atomic mass is 16.6. The van der Waals surface area contributed by atoms with E-state index in [9.17, 15) is 10.1 Å². The Morgan fingerprint density at radius 2 is 1.81 bits per heavy atom. The topological polar surface area (TPSA) is 67.2 Å². The van der Waals surface area contributed by atoms with Crippen LogP contribution in [0.15, 0.2) is 48.8 Å². The number of hydrogen-bond donors (Lipinski definition) is 1. The summed E-state index contributed by atoms with van der Waals surface area (Å²) in [6, 6.07) is 9.71. The molecular weight excluding hydrogens is 208 g/mol. The van der Waals surface area contributed by atoms with Gasteiger partial charge in [-0.2, -0.15) is 0 Å². The van der Waals surface area contributed by atoms with E-state index in [1.807, 2.05) is 0 Å². The third-order valence-corrected chi connectivity index (χ3v) is 2.20. The highest BCUT2D eigenvalue weighted by Gasteiger charge is 2.07. The minimum absolute atomic E-state index is 0.0539. The van der Waals surface area contributed by atoms with Crippen molar-refractivity contribution in [2.75, 3.05) is 0 Å². The van der Waals surface area contributed by atoms with Crippen LogP contribution in [-0.4, -0.2) is 10.1 Å². The van der Waals surface area contributed by atoms with Crippen molar-refractivity contribution in [1.29, 1.82) is 0 Å². The van der Waals surface area contributed by atoms with Gasteiger partial charge in [-0.25, -0.2) is 0 Å². The molecule has 1 aromatic heterocycles. The lowest BCUT2D eigenvalue weighted by molar-refractivity contribution is -0.904. The Morgan fingerprint density at radius 3 is 2.44 bits per heavy atom. The van der Waals surface area contributed by atoms with Gasteiger partial charge in [0.25, 0.3) is 5.69 Å². The second-order valence-electron chi connectivity index (χ2n) is 3.27. The molecule has 5 nitrogen and oxygen atoms in total. The first-order chi connectivity index (χ1) is 7.66. The van der Waals surface area contributed by atoms with Gasteiger partial charge < -0.3 is 0 Å². The lowest BCUT2D eigenvalue weighted by Gasteiger charge is -1.99. The minimum Gasteiger partial charge on any atom is -0.285 e. The lowest BCUT2D eigenvalue weighted by Crippen LogP contribution is -2.27. The van der Waals surface area contributed by atoms with Crippen molar-refractivity contribution in [1.82, 2.24) is 0 Å². The summed E-state index contributed by atoms with van der Waals surface area (Å²) in [4.78, 5) is 10.2. The van der Waals surface area contributed by atoms with Crippen LogP contribution in [0.3, 0.4) is 0 Å². The summed E-state index contributed by atoms with van der Waals surface area (Å²) in [5, 5.41) is 19.7. The molecule has 5 heteroatoms. The summed E-state index contributed by atoms with van der Waals surface area (Å²) in [7, 11) is 0. The predicted molar refractivity (Wildman–Crippen MR) is 55.9 cm³/mol.